The second-order valence-electron chi connectivity index (χ2n) is 0.408. The van der Waals surface area contributed by atoms with Crippen molar-refractivity contribution in [1.29, 1.82) is 0 Å². The Bertz CT molecular complexity index is 99.2. The molecule has 0 saturated heterocycles. The Kier molecular flexibility index (Phi) is 23.7. The van der Waals surface area contributed by atoms with Crippen LogP contribution in [0.5, 0.6) is 0 Å². The maximum atomic E-state index is 8.52. The fourth-order valence-electron chi connectivity index (χ4n) is 0. The molecule has 0 aliphatic rings. The maximum Gasteiger partial charge on any atom is 2.00 e. The molecule has 0 rings (SSSR count). The Hall–Kier alpha value is 1.32. The van der Waals surface area contributed by atoms with Crippen molar-refractivity contribution in [3.63, 3.8) is 0 Å². The molecule has 0 N–H and O–H groups in total. The summed E-state index contributed by atoms with van der Waals surface area (Å²) in [6.45, 7) is 0. The molecule has 0 atom stereocenters. The van der Waals surface area contributed by atoms with Crippen LogP contribution in [0.2, 0.25) is 0 Å². The summed E-state index contributed by atoms with van der Waals surface area (Å²) in [6.07, 6.45) is 0. The molecule has 0 bridgehead atoms. The van der Waals surface area contributed by atoms with E-state index in [1.165, 1.54) is 0 Å². The van der Waals surface area contributed by atoms with E-state index in [1.54, 1.807) is 0 Å². The minimum atomic E-state index is -5.17. The molecule has 46 valence electrons. The molecule has 8 heavy (non-hydrogen) atoms. The number of hydrogen-bond donors (Lipinski definition) is 0. The van der Waals surface area contributed by atoms with E-state index in [4.69, 9.17) is 17.5 Å². The van der Waals surface area contributed by atoms with Gasteiger partial charge in [-0.25, -0.2) is 0 Å². The predicted octanol–water partition coefficient (Wildman–Crippen LogP) is -7.33. The Labute approximate surface area is 78.7 Å². The van der Waals surface area contributed by atoms with Crippen molar-refractivity contribution in [3.8, 4) is 0 Å². The first-order chi connectivity index (χ1) is 2.00. The molecule has 0 heterocycles. The molecule has 0 radical (unpaired) electrons. The van der Waals surface area contributed by atoms with Crippen LogP contribution in [0.15, 0.2) is 0 Å². The van der Waals surface area contributed by atoms with Crippen LogP contribution in [0.1, 0.15) is 0 Å². The van der Waals surface area contributed by atoms with Gasteiger partial charge in [0.1, 0.15) is 0 Å². The van der Waals surface area contributed by atoms with E-state index < -0.39 is 10.4 Å². The smallest absolute Gasteiger partial charge is 1.00 e. The monoisotopic (exact) mass is 194 g/mol. The van der Waals surface area contributed by atoms with Gasteiger partial charge in [-0.2, -0.15) is 0 Å². The van der Waals surface area contributed by atoms with Crippen LogP contribution in [0.3, 0.4) is 0 Å². The Morgan fingerprint density at radius 3 is 1.12 bits per heavy atom. The van der Waals surface area contributed by atoms with E-state index in [-0.39, 0.29) is 51.3 Å². The largest absolute Gasteiger partial charge is 2.00 e. The first-order valence-electron chi connectivity index (χ1n) is 0.667. The molecule has 0 aromatic heterocycles. The topological polar surface area (TPSA) is 80.3 Å². The molecule has 0 saturated carbocycles. The Balaban J connectivity index is -0.0000000267. The summed E-state index contributed by atoms with van der Waals surface area (Å²) in [7, 11) is -5.17. The summed E-state index contributed by atoms with van der Waals surface area (Å²) >= 11 is 0. The second kappa shape index (κ2) is 8.32. The molecule has 8 heteroatoms. The fraction of sp³-hybridized carbons (Fsp3) is 0. The standard InChI is InChI=1S/FH.Fe.Na.H2O4S/c;;;1-5(2,3)4/h1H;;;(H2,1,2,3,4)/q;+2;+1;/p-3. The van der Waals surface area contributed by atoms with E-state index in [0.29, 0.717) is 0 Å². The van der Waals surface area contributed by atoms with Crippen LogP contribution < -0.4 is 34.3 Å². The van der Waals surface area contributed by atoms with Crippen LogP contribution >= 0.6 is 0 Å². The number of hydrogen-bond acceptors (Lipinski definition) is 4. The average Bonchev–Trinajstić information content (AvgIpc) is 0.722. The van der Waals surface area contributed by atoms with Crippen molar-refractivity contribution in [3.05, 3.63) is 0 Å². The van der Waals surface area contributed by atoms with E-state index >= 15 is 0 Å². The van der Waals surface area contributed by atoms with E-state index in [1.807, 2.05) is 0 Å². The van der Waals surface area contributed by atoms with E-state index in [9.17, 15) is 0 Å². The van der Waals surface area contributed by atoms with Crippen molar-refractivity contribution in [2.75, 3.05) is 0 Å². The normalized spacial score (nSPS) is 7.25. The Morgan fingerprint density at radius 1 is 1.12 bits per heavy atom. The molecule has 0 aromatic rings. The first-order valence-corrected chi connectivity index (χ1v) is 2.00. The van der Waals surface area contributed by atoms with Gasteiger partial charge in [0.25, 0.3) is 0 Å². The van der Waals surface area contributed by atoms with Gasteiger partial charge in [-0.15, -0.1) is 0 Å². The van der Waals surface area contributed by atoms with E-state index in [0.717, 1.165) is 0 Å². The Morgan fingerprint density at radius 2 is 1.12 bits per heavy atom. The maximum absolute atomic E-state index is 8.52. The van der Waals surface area contributed by atoms with Crippen LogP contribution in [0.4, 0.5) is 0 Å². The van der Waals surface area contributed by atoms with Crippen LogP contribution in [0.25, 0.3) is 0 Å². The molecular formula is FFeNaO4S. The van der Waals surface area contributed by atoms with Gasteiger partial charge in [-0.1, -0.05) is 0 Å². The van der Waals surface area contributed by atoms with Gasteiger partial charge in [-0.05, 0) is 0 Å². The summed E-state index contributed by atoms with van der Waals surface area (Å²) in [5.41, 5.74) is 0. The van der Waals surface area contributed by atoms with Crippen molar-refractivity contribution >= 4 is 10.4 Å². The van der Waals surface area contributed by atoms with Crippen molar-refractivity contribution in [2.24, 2.45) is 0 Å². The zero-order valence-corrected chi connectivity index (χ0v) is 7.69. The van der Waals surface area contributed by atoms with E-state index in [2.05, 4.69) is 0 Å². The molecular weight excluding hydrogens is 194 g/mol. The summed E-state index contributed by atoms with van der Waals surface area (Å²) < 4.78 is 34.1. The molecule has 0 aliphatic carbocycles. The number of rotatable bonds is 0. The minimum Gasteiger partial charge on any atom is -1.00 e. The van der Waals surface area contributed by atoms with Gasteiger partial charge in [0, 0.05) is 10.4 Å². The molecule has 0 fully saturated rings. The summed E-state index contributed by atoms with van der Waals surface area (Å²) in [5, 5.41) is 0. The van der Waals surface area contributed by atoms with Gasteiger partial charge in [0.05, 0.1) is 0 Å². The van der Waals surface area contributed by atoms with Crippen LogP contribution in [0, 0.1) is 0 Å². The van der Waals surface area contributed by atoms with Crippen molar-refractivity contribution < 1.29 is 68.9 Å². The number of halogens is 1. The van der Waals surface area contributed by atoms with Crippen molar-refractivity contribution in [1.82, 2.24) is 0 Å². The zero-order chi connectivity index (χ0) is 4.50. The second-order valence-corrected chi connectivity index (χ2v) is 1.22. The molecule has 0 aromatic carbocycles. The fourth-order valence-corrected chi connectivity index (χ4v) is 0. The zero-order valence-electron chi connectivity index (χ0n) is 3.77. The summed E-state index contributed by atoms with van der Waals surface area (Å²) in [6, 6.07) is 0. The SMILES string of the molecule is O=S(=O)([O-])[O-].[F-].[Fe+2].[Na+]. The van der Waals surface area contributed by atoms with Gasteiger partial charge in [0.15, 0.2) is 0 Å². The molecule has 4 nitrogen and oxygen atoms in total. The first kappa shape index (κ1) is 22.8. The summed E-state index contributed by atoms with van der Waals surface area (Å²) in [5.74, 6) is 0. The average molecular weight is 194 g/mol. The molecule has 0 aliphatic heterocycles. The van der Waals surface area contributed by atoms with Gasteiger partial charge in [-0.3, -0.25) is 8.42 Å². The predicted molar refractivity (Wildman–Crippen MR) is 10.5 cm³/mol. The van der Waals surface area contributed by atoms with Gasteiger partial charge in [0.2, 0.25) is 0 Å². The van der Waals surface area contributed by atoms with Crippen molar-refractivity contribution in [2.45, 2.75) is 0 Å². The van der Waals surface area contributed by atoms with Crippen LogP contribution in [-0.4, -0.2) is 17.5 Å². The molecule has 0 unspecified atom stereocenters. The minimum absolute atomic E-state index is 0. The third-order valence-corrected chi connectivity index (χ3v) is 0. The third-order valence-electron chi connectivity index (χ3n) is 0. The third kappa shape index (κ3) is 168. The summed E-state index contributed by atoms with van der Waals surface area (Å²) in [4.78, 5) is 0. The van der Waals surface area contributed by atoms with Gasteiger partial charge < -0.3 is 13.8 Å². The quantitative estimate of drug-likeness (QED) is 0.218. The van der Waals surface area contributed by atoms with Gasteiger partial charge >= 0.3 is 46.6 Å². The molecule has 0 spiro atoms. The molecule has 0 amide bonds. The van der Waals surface area contributed by atoms with Crippen LogP contribution in [-0.2, 0) is 27.5 Å².